The molecule has 1 aromatic carbocycles. The average molecular weight is 330 g/mol. The third kappa shape index (κ3) is 3.90. The van der Waals surface area contributed by atoms with Gasteiger partial charge < -0.3 is 15.2 Å². The molecule has 2 aliphatic rings. The van der Waals surface area contributed by atoms with Gasteiger partial charge in [0.2, 0.25) is 0 Å². The fourth-order valence-electron chi connectivity index (χ4n) is 3.07. The highest BCUT2D eigenvalue weighted by Gasteiger charge is 2.33. The molecule has 0 saturated carbocycles. The van der Waals surface area contributed by atoms with Gasteiger partial charge in [0, 0.05) is 6.54 Å². The number of nitrogens with two attached hydrogens (primary N) is 1. The fourth-order valence-corrected chi connectivity index (χ4v) is 3.07. The lowest BCUT2D eigenvalue weighted by molar-refractivity contribution is -0.137. The summed E-state index contributed by atoms with van der Waals surface area (Å²) >= 11 is 0. The van der Waals surface area contributed by atoms with E-state index >= 15 is 0 Å². The molecule has 0 unspecified atom stereocenters. The van der Waals surface area contributed by atoms with Crippen LogP contribution in [-0.2, 0) is 6.18 Å². The molecular weight excluding hydrogens is 309 g/mol. The highest BCUT2D eigenvalue weighted by atomic mass is 19.4. The summed E-state index contributed by atoms with van der Waals surface area (Å²) in [5.74, 6) is 1.12. The van der Waals surface area contributed by atoms with Crippen molar-refractivity contribution in [1.82, 2.24) is 4.90 Å². The lowest BCUT2D eigenvalue weighted by Crippen LogP contribution is -2.44. The molecule has 4 nitrogen and oxygen atoms in total. The molecule has 1 fully saturated rings. The Kier molecular flexibility index (Phi) is 4.68. The number of rotatable bonds is 3. The van der Waals surface area contributed by atoms with E-state index in [9.17, 15) is 13.2 Å². The minimum absolute atomic E-state index is 0.174. The Bertz CT molecular complexity index is 543. The maximum Gasteiger partial charge on any atom is 0.416 e. The topological polar surface area (TPSA) is 47.7 Å². The summed E-state index contributed by atoms with van der Waals surface area (Å²) in [5, 5.41) is 0. The molecule has 1 atom stereocenters. The van der Waals surface area contributed by atoms with Crippen molar-refractivity contribution >= 4 is 0 Å². The number of hydrogen-bond donors (Lipinski definition) is 1. The quantitative estimate of drug-likeness (QED) is 0.925. The molecule has 2 heterocycles. The zero-order valence-electron chi connectivity index (χ0n) is 12.8. The van der Waals surface area contributed by atoms with Gasteiger partial charge in [0.05, 0.1) is 5.56 Å². The molecule has 2 aliphatic heterocycles. The number of benzene rings is 1. The first-order valence-corrected chi connectivity index (χ1v) is 7.89. The molecule has 0 aliphatic carbocycles. The first-order chi connectivity index (χ1) is 11.0. The summed E-state index contributed by atoms with van der Waals surface area (Å²) in [6, 6.07) is 3.35. The largest absolute Gasteiger partial charge is 0.486 e. The second kappa shape index (κ2) is 6.57. The summed E-state index contributed by atoms with van der Waals surface area (Å²) in [6.07, 6.45) is -2.52. The van der Waals surface area contributed by atoms with Gasteiger partial charge in [-0.1, -0.05) is 0 Å². The molecule has 1 saturated heterocycles. The zero-order chi connectivity index (χ0) is 16.4. The lowest BCUT2D eigenvalue weighted by Gasteiger charge is -2.35. The lowest BCUT2D eigenvalue weighted by atomic mass is 9.97. The molecule has 2 N–H and O–H groups in total. The molecular formula is C16H21F3N2O2. The second-order valence-corrected chi connectivity index (χ2v) is 6.19. The van der Waals surface area contributed by atoms with Crippen molar-refractivity contribution in [2.75, 3.05) is 32.8 Å². The van der Waals surface area contributed by atoms with E-state index in [2.05, 4.69) is 4.90 Å². The van der Waals surface area contributed by atoms with Crippen molar-refractivity contribution in [2.24, 2.45) is 11.7 Å². The van der Waals surface area contributed by atoms with Gasteiger partial charge in [-0.3, -0.25) is 4.90 Å². The van der Waals surface area contributed by atoms with Gasteiger partial charge in [-0.05, 0) is 56.6 Å². The monoisotopic (exact) mass is 330 g/mol. The molecule has 7 heteroatoms. The molecule has 23 heavy (non-hydrogen) atoms. The van der Waals surface area contributed by atoms with E-state index in [4.69, 9.17) is 15.2 Å². The van der Waals surface area contributed by atoms with E-state index in [1.54, 1.807) is 0 Å². The number of ether oxygens (including phenoxy) is 2. The molecule has 0 spiro atoms. The molecule has 0 amide bonds. The zero-order valence-corrected chi connectivity index (χ0v) is 12.8. The Labute approximate surface area is 133 Å². The minimum atomic E-state index is -4.38. The number of hydrogen-bond acceptors (Lipinski definition) is 4. The fraction of sp³-hybridized carbons (Fsp3) is 0.625. The van der Waals surface area contributed by atoms with Crippen molar-refractivity contribution in [2.45, 2.75) is 25.1 Å². The number of likely N-dealkylation sites (tertiary alicyclic amines) is 1. The third-order valence-electron chi connectivity index (χ3n) is 4.49. The van der Waals surface area contributed by atoms with Gasteiger partial charge >= 0.3 is 6.18 Å². The summed E-state index contributed by atoms with van der Waals surface area (Å²) in [7, 11) is 0. The van der Waals surface area contributed by atoms with Crippen molar-refractivity contribution in [1.29, 1.82) is 0 Å². The van der Waals surface area contributed by atoms with E-state index in [1.165, 1.54) is 6.07 Å². The highest BCUT2D eigenvalue weighted by Crippen LogP contribution is 2.38. The van der Waals surface area contributed by atoms with Crippen LogP contribution in [0.2, 0.25) is 0 Å². The van der Waals surface area contributed by atoms with Crippen LogP contribution in [0, 0.1) is 5.92 Å². The van der Waals surface area contributed by atoms with Crippen LogP contribution in [0.25, 0.3) is 0 Å². The van der Waals surface area contributed by atoms with Crippen LogP contribution in [0.5, 0.6) is 11.5 Å². The van der Waals surface area contributed by atoms with Crippen molar-refractivity contribution < 1.29 is 22.6 Å². The van der Waals surface area contributed by atoms with Crippen LogP contribution in [0.4, 0.5) is 13.2 Å². The van der Waals surface area contributed by atoms with Gasteiger partial charge in [-0.15, -0.1) is 0 Å². The van der Waals surface area contributed by atoms with E-state index in [1.807, 2.05) is 0 Å². The summed E-state index contributed by atoms with van der Waals surface area (Å²) in [6.45, 7) is 3.61. The van der Waals surface area contributed by atoms with E-state index in [-0.39, 0.29) is 11.9 Å². The van der Waals surface area contributed by atoms with E-state index in [0.29, 0.717) is 31.4 Å². The molecule has 1 aromatic rings. The van der Waals surface area contributed by atoms with Gasteiger partial charge in [0.1, 0.15) is 12.7 Å². The maximum absolute atomic E-state index is 12.8. The minimum Gasteiger partial charge on any atom is -0.486 e. The smallest absolute Gasteiger partial charge is 0.416 e. The molecule has 3 rings (SSSR count). The normalized spacial score (nSPS) is 23.0. The summed E-state index contributed by atoms with van der Waals surface area (Å²) in [4.78, 5) is 2.26. The third-order valence-corrected chi connectivity index (χ3v) is 4.49. The number of alkyl halides is 3. The number of nitrogens with zero attached hydrogens (tertiary/aromatic N) is 1. The van der Waals surface area contributed by atoms with Crippen LogP contribution in [0.1, 0.15) is 18.4 Å². The van der Waals surface area contributed by atoms with Crippen molar-refractivity contribution in [3.05, 3.63) is 23.8 Å². The standard InChI is InChI=1S/C16H21F3N2O2/c17-16(18,19)12-1-2-14-15(7-12)23-13(10-22-14)9-21-5-3-11(8-20)4-6-21/h1-2,7,11,13H,3-6,8-10,20H2/t13-/m0/s1. The first-order valence-electron chi connectivity index (χ1n) is 7.89. The summed E-state index contributed by atoms with van der Waals surface area (Å²) in [5.41, 5.74) is 4.96. The van der Waals surface area contributed by atoms with Crippen LogP contribution < -0.4 is 15.2 Å². The maximum atomic E-state index is 12.8. The molecule has 0 radical (unpaired) electrons. The average Bonchev–Trinajstić information content (AvgIpc) is 2.54. The number of fused-ring (bicyclic) bond motifs is 1. The van der Waals surface area contributed by atoms with Gasteiger partial charge in [0.25, 0.3) is 0 Å². The van der Waals surface area contributed by atoms with Gasteiger partial charge in [-0.2, -0.15) is 13.2 Å². The SMILES string of the molecule is NCC1CCN(C[C@H]2COc3ccc(C(F)(F)F)cc3O2)CC1. The van der Waals surface area contributed by atoms with Crippen LogP contribution in [0.15, 0.2) is 18.2 Å². The molecule has 128 valence electrons. The number of piperidine rings is 1. The Morgan fingerprint density at radius 2 is 1.91 bits per heavy atom. The summed E-state index contributed by atoms with van der Waals surface area (Å²) < 4.78 is 49.6. The Hall–Kier alpha value is -1.47. The van der Waals surface area contributed by atoms with Crippen molar-refractivity contribution in [3.63, 3.8) is 0 Å². The van der Waals surface area contributed by atoms with Crippen LogP contribution in [-0.4, -0.2) is 43.8 Å². The molecule has 0 bridgehead atoms. The van der Waals surface area contributed by atoms with Crippen LogP contribution >= 0.6 is 0 Å². The highest BCUT2D eigenvalue weighted by molar-refractivity contribution is 5.44. The second-order valence-electron chi connectivity index (χ2n) is 6.19. The van der Waals surface area contributed by atoms with Crippen LogP contribution in [0.3, 0.4) is 0 Å². The Morgan fingerprint density at radius 3 is 2.57 bits per heavy atom. The molecule has 0 aromatic heterocycles. The van der Waals surface area contributed by atoms with E-state index in [0.717, 1.165) is 38.1 Å². The van der Waals surface area contributed by atoms with E-state index < -0.39 is 11.7 Å². The van der Waals surface area contributed by atoms with Crippen molar-refractivity contribution in [3.8, 4) is 11.5 Å². The first kappa shape index (κ1) is 16.4. The Morgan fingerprint density at radius 1 is 1.17 bits per heavy atom. The van der Waals surface area contributed by atoms with Gasteiger partial charge in [0.15, 0.2) is 11.5 Å². The van der Waals surface area contributed by atoms with Gasteiger partial charge in [-0.25, -0.2) is 0 Å². The predicted molar refractivity (Wildman–Crippen MR) is 79.6 cm³/mol. The number of halogens is 3. The Balaban J connectivity index is 1.61. The predicted octanol–water partition coefficient (Wildman–Crippen LogP) is 2.52.